The van der Waals surface area contributed by atoms with Gasteiger partial charge in [-0.1, -0.05) is 18.2 Å². The molecule has 1 N–H and O–H groups in total. The number of phenolic OH excluding ortho intramolecular Hbond substituents is 1. The van der Waals surface area contributed by atoms with E-state index in [0.29, 0.717) is 23.3 Å². The van der Waals surface area contributed by atoms with Gasteiger partial charge in [0.05, 0.1) is 11.1 Å². The fourth-order valence-corrected chi connectivity index (χ4v) is 3.12. The average molecular weight is 428 g/mol. The van der Waals surface area contributed by atoms with Crippen molar-refractivity contribution in [3.05, 3.63) is 88.2 Å². The van der Waals surface area contributed by atoms with E-state index in [1.165, 1.54) is 37.3 Å². The topological polar surface area (TPSA) is 20.2 Å². The molecule has 158 valence electrons. The van der Waals surface area contributed by atoms with E-state index in [1.54, 1.807) is 6.07 Å². The van der Waals surface area contributed by atoms with Crippen molar-refractivity contribution >= 4 is 0 Å². The van der Waals surface area contributed by atoms with Crippen LogP contribution in [0, 0.1) is 12.7 Å². The molecule has 30 heavy (non-hydrogen) atoms. The lowest BCUT2D eigenvalue weighted by Gasteiger charge is -2.16. The van der Waals surface area contributed by atoms with Crippen molar-refractivity contribution in [1.29, 1.82) is 0 Å². The lowest BCUT2D eigenvalue weighted by atomic mass is 9.93. The molecule has 0 amide bonds. The summed E-state index contributed by atoms with van der Waals surface area (Å²) in [5, 5.41) is 10.4. The molecule has 0 saturated carbocycles. The van der Waals surface area contributed by atoms with Crippen molar-refractivity contribution in [3.63, 3.8) is 0 Å². The molecule has 0 fully saturated rings. The number of hydrogen-bond donors (Lipinski definition) is 1. The molecule has 1 nitrogen and oxygen atoms in total. The van der Waals surface area contributed by atoms with E-state index in [1.807, 2.05) is 0 Å². The molecule has 0 atom stereocenters. The van der Waals surface area contributed by atoms with Crippen LogP contribution in [0.4, 0.5) is 30.7 Å². The third-order valence-corrected chi connectivity index (χ3v) is 4.58. The van der Waals surface area contributed by atoms with E-state index >= 15 is 0 Å². The zero-order valence-corrected chi connectivity index (χ0v) is 15.5. The Hall–Kier alpha value is -3.03. The van der Waals surface area contributed by atoms with Crippen LogP contribution in [0.25, 0.3) is 11.1 Å². The summed E-state index contributed by atoms with van der Waals surface area (Å²) in [6, 6.07) is 9.61. The van der Waals surface area contributed by atoms with Crippen LogP contribution in [-0.2, 0) is 18.8 Å². The first-order valence-electron chi connectivity index (χ1n) is 8.71. The first-order chi connectivity index (χ1) is 13.8. The minimum Gasteiger partial charge on any atom is -0.507 e. The first kappa shape index (κ1) is 21.7. The van der Waals surface area contributed by atoms with Gasteiger partial charge in [0.15, 0.2) is 0 Å². The highest BCUT2D eigenvalue weighted by molar-refractivity contribution is 5.74. The first-order valence-corrected chi connectivity index (χ1v) is 8.71. The van der Waals surface area contributed by atoms with Crippen molar-refractivity contribution < 1.29 is 35.8 Å². The number of rotatable bonds is 3. The molecule has 0 aliphatic carbocycles. The molecule has 3 aromatic carbocycles. The van der Waals surface area contributed by atoms with Crippen LogP contribution < -0.4 is 0 Å². The van der Waals surface area contributed by atoms with E-state index in [4.69, 9.17) is 0 Å². The lowest BCUT2D eigenvalue weighted by molar-refractivity contribution is -0.143. The molecule has 0 aromatic heterocycles. The van der Waals surface area contributed by atoms with Crippen molar-refractivity contribution in [2.75, 3.05) is 0 Å². The zero-order valence-electron chi connectivity index (χ0n) is 15.5. The second-order valence-electron chi connectivity index (χ2n) is 6.91. The maximum atomic E-state index is 13.2. The molecule has 3 aromatic rings. The van der Waals surface area contributed by atoms with Gasteiger partial charge in [0.2, 0.25) is 0 Å². The molecule has 0 unspecified atom stereocenters. The van der Waals surface area contributed by atoms with Gasteiger partial charge in [0, 0.05) is 5.56 Å². The second-order valence-corrected chi connectivity index (χ2v) is 6.91. The minimum atomic E-state index is -4.99. The van der Waals surface area contributed by atoms with E-state index in [0.717, 1.165) is 0 Å². The number of aryl methyl sites for hydroxylation is 1. The second kappa shape index (κ2) is 7.66. The maximum Gasteiger partial charge on any atom is 0.416 e. The van der Waals surface area contributed by atoms with Gasteiger partial charge in [-0.15, -0.1) is 0 Å². The number of aromatic hydroxyl groups is 1. The Kier molecular flexibility index (Phi) is 5.54. The summed E-state index contributed by atoms with van der Waals surface area (Å²) in [6.45, 7) is 1.49. The van der Waals surface area contributed by atoms with Crippen LogP contribution in [0.2, 0.25) is 0 Å². The van der Waals surface area contributed by atoms with E-state index in [2.05, 4.69) is 0 Å². The Morgan fingerprint density at radius 3 is 1.77 bits per heavy atom. The summed E-state index contributed by atoms with van der Waals surface area (Å²) < 4.78 is 92.1. The van der Waals surface area contributed by atoms with E-state index < -0.39 is 40.6 Å². The number of alkyl halides is 6. The summed E-state index contributed by atoms with van der Waals surface area (Å²) in [5.41, 5.74) is -1.97. The summed E-state index contributed by atoms with van der Waals surface area (Å²) >= 11 is 0. The standard InChI is InChI=1S/C22H15F7O/c1-12-6-14(7-13-2-4-18(23)5-3-13)8-19(20(12)30)15-9-16(21(24,25)26)11-17(10-15)22(27,28)29/h2-6,8-11,30H,7H2,1H3. The van der Waals surface area contributed by atoms with Gasteiger partial charge >= 0.3 is 12.4 Å². The molecule has 0 aliphatic rings. The SMILES string of the molecule is Cc1cc(Cc2ccc(F)cc2)cc(-c2cc(C(F)(F)F)cc(C(F)(F)F)c2)c1O. The highest BCUT2D eigenvalue weighted by Gasteiger charge is 2.37. The van der Waals surface area contributed by atoms with Gasteiger partial charge in [-0.3, -0.25) is 0 Å². The van der Waals surface area contributed by atoms with Crippen molar-refractivity contribution in [2.45, 2.75) is 25.7 Å². The molecule has 0 saturated heterocycles. The Morgan fingerprint density at radius 1 is 0.733 bits per heavy atom. The van der Waals surface area contributed by atoms with Crippen LogP contribution in [0.5, 0.6) is 5.75 Å². The molecule has 0 aliphatic heterocycles. The normalized spacial score (nSPS) is 12.3. The summed E-state index contributed by atoms with van der Waals surface area (Å²) in [6.07, 6.45) is -9.74. The molecule has 0 bridgehead atoms. The van der Waals surface area contributed by atoms with Gasteiger partial charge in [-0.25, -0.2) is 4.39 Å². The third-order valence-electron chi connectivity index (χ3n) is 4.58. The predicted molar refractivity (Wildman–Crippen MR) is 97.5 cm³/mol. The van der Waals surface area contributed by atoms with E-state index in [9.17, 15) is 35.8 Å². The van der Waals surface area contributed by atoms with Gasteiger partial charge in [0.1, 0.15) is 11.6 Å². The molecule has 0 radical (unpaired) electrons. The highest BCUT2D eigenvalue weighted by Crippen LogP contribution is 2.41. The highest BCUT2D eigenvalue weighted by atomic mass is 19.4. The minimum absolute atomic E-state index is 0.0375. The summed E-state index contributed by atoms with van der Waals surface area (Å²) in [5.74, 6) is -0.852. The van der Waals surface area contributed by atoms with Gasteiger partial charge in [-0.05, 0) is 72.0 Å². The molecular weight excluding hydrogens is 413 g/mol. The zero-order chi connectivity index (χ0) is 22.3. The van der Waals surface area contributed by atoms with Crippen LogP contribution in [0.1, 0.15) is 27.8 Å². The van der Waals surface area contributed by atoms with Crippen molar-refractivity contribution in [3.8, 4) is 16.9 Å². The molecule has 8 heteroatoms. The van der Waals surface area contributed by atoms with Crippen LogP contribution in [-0.4, -0.2) is 5.11 Å². The summed E-state index contributed by atoms with van der Waals surface area (Å²) in [4.78, 5) is 0. The smallest absolute Gasteiger partial charge is 0.416 e. The predicted octanol–water partition coefficient (Wildman–Crippen LogP) is 7.14. The number of benzene rings is 3. The number of phenols is 1. The average Bonchev–Trinajstić information content (AvgIpc) is 2.64. The quantitative estimate of drug-likeness (QED) is 0.440. The Labute approximate surface area is 167 Å². The van der Waals surface area contributed by atoms with Crippen LogP contribution in [0.3, 0.4) is 0 Å². The van der Waals surface area contributed by atoms with Crippen molar-refractivity contribution in [1.82, 2.24) is 0 Å². The fraction of sp³-hybridized carbons (Fsp3) is 0.182. The third kappa shape index (κ3) is 4.75. The van der Waals surface area contributed by atoms with Crippen LogP contribution in [0.15, 0.2) is 54.6 Å². The molecular formula is C22H15F7O. The monoisotopic (exact) mass is 428 g/mol. The lowest BCUT2D eigenvalue weighted by Crippen LogP contribution is -2.11. The Bertz CT molecular complexity index is 1030. The molecule has 3 rings (SSSR count). The molecule has 0 spiro atoms. The number of hydrogen-bond acceptors (Lipinski definition) is 1. The largest absolute Gasteiger partial charge is 0.507 e. The Morgan fingerprint density at radius 2 is 1.27 bits per heavy atom. The summed E-state index contributed by atoms with van der Waals surface area (Å²) in [7, 11) is 0. The van der Waals surface area contributed by atoms with Gasteiger partial charge in [-0.2, -0.15) is 26.3 Å². The molecule has 0 heterocycles. The number of halogens is 7. The van der Waals surface area contributed by atoms with E-state index in [-0.39, 0.29) is 23.6 Å². The van der Waals surface area contributed by atoms with Gasteiger partial charge in [0.25, 0.3) is 0 Å². The fourth-order valence-electron chi connectivity index (χ4n) is 3.12. The maximum absolute atomic E-state index is 13.2. The van der Waals surface area contributed by atoms with Crippen molar-refractivity contribution in [2.24, 2.45) is 0 Å². The van der Waals surface area contributed by atoms with Crippen LogP contribution >= 0.6 is 0 Å². The van der Waals surface area contributed by atoms with Gasteiger partial charge < -0.3 is 5.11 Å². The Balaban J connectivity index is 2.14.